The zero-order chi connectivity index (χ0) is 21.4. The predicted molar refractivity (Wildman–Crippen MR) is 118 cm³/mol. The SMILES string of the molecule is CNc1cc2nc3c(cnn13)CN[C@H](C)COCc1cc(nc(N3CCCC3=O)c1)N2. The molecule has 10 nitrogen and oxygen atoms in total. The summed E-state index contributed by atoms with van der Waals surface area (Å²) in [5.74, 6) is 2.83. The summed E-state index contributed by atoms with van der Waals surface area (Å²) in [6.45, 7) is 4.40. The van der Waals surface area contributed by atoms with Crippen LogP contribution in [0, 0.1) is 0 Å². The Morgan fingerprint density at radius 2 is 2.10 bits per heavy atom. The standard InChI is InChI=1S/C21H26N8O2/c1-13-11-31-12-14-6-16(26-19(7-14)28-5-3-4-20(28)30)25-17-8-18(22-2)29-21(27-17)15(9-23-13)10-24-29/h6-8,10,13,22-23H,3-5,9,11-12H2,1-2H3,(H,25,26,27)/t13-/m1/s1. The summed E-state index contributed by atoms with van der Waals surface area (Å²) in [6, 6.07) is 5.92. The Labute approximate surface area is 180 Å². The van der Waals surface area contributed by atoms with E-state index in [1.54, 1.807) is 9.42 Å². The van der Waals surface area contributed by atoms with Gasteiger partial charge in [0.15, 0.2) is 5.65 Å². The molecule has 0 unspecified atom stereocenters. The Morgan fingerprint density at radius 3 is 2.90 bits per heavy atom. The molecule has 0 aliphatic carbocycles. The molecule has 1 atom stereocenters. The minimum absolute atomic E-state index is 0.102. The molecule has 3 aromatic heterocycles. The second-order valence-electron chi connectivity index (χ2n) is 7.97. The molecular formula is C21H26N8O2. The van der Waals surface area contributed by atoms with Crippen LogP contribution in [0.15, 0.2) is 24.4 Å². The summed E-state index contributed by atoms with van der Waals surface area (Å²) in [7, 11) is 1.85. The molecule has 5 rings (SSSR count). The fraction of sp³-hybridized carbons (Fsp3) is 0.429. The molecule has 4 bridgehead atoms. The van der Waals surface area contributed by atoms with Crippen molar-refractivity contribution < 1.29 is 9.53 Å². The van der Waals surface area contributed by atoms with E-state index in [0.717, 1.165) is 29.0 Å². The smallest absolute Gasteiger partial charge is 0.228 e. The van der Waals surface area contributed by atoms with Crippen LogP contribution in [-0.4, -0.2) is 51.7 Å². The van der Waals surface area contributed by atoms with Crippen molar-refractivity contribution >= 4 is 34.8 Å². The third kappa shape index (κ3) is 3.91. The summed E-state index contributed by atoms with van der Waals surface area (Å²) in [6.07, 6.45) is 3.23. The van der Waals surface area contributed by atoms with Gasteiger partial charge in [-0.15, -0.1) is 0 Å². The Hall–Kier alpha value is -3.24. The molecule has 162 valence electrons. The normalized spacial score (nSPS) is 19.5. The number of hydrogen-bond acceptors (Lipinski definition) is 8. The molecule has 0 radical (unpaired) electrons. The Bertz CT molecular complexity index is 1130. The zero-order valence-electron chi connectivity index (χ0n) is 17.7. The number of fused-ring (bicyclic) bond motifs is 3. The summed E-state index contributed by atoms with van der Waals surface area (Å²) in [5.41, 5.74) is 2.71. The van der Waals surface area contributed by atoms with Gasteiger partial charge in [0.05, 0.1) is 19.4 Å². The number of anilines is 4. The van der Waals surface area contributed by atoms with Gasteiger partial charge in [0.1, 0.15) is 23.3 Å². The topological polar surface area (TPSA) is 109 Å². The molecule has 0 spiro atoms. The second-order valence-corrected chi connectivity index (χ2v) is 7.97. The van der Waals surface area contributed by atoms with E-state index in [9.17, 15) is 4.79 Å². The lowest BCUT2D eigenvalue weighted by atomic mass is 10.2. The van der Waals surface area contributed by atoms with Gasteiger partial charge >= 0.3 is 0 Å². The molecule has 3 N–H and O–H groups in total. The largest absolute Gasteiger partial charge is 0.375 e. The van der Waals surface area contributed by atoms with Crippen LogP contribution in [0.1, 0.15) is 30.9 Å². The minimum Gasteiger partial charge on any atom is -0.375 e. The van der Waals surface area contributed by atoms with Gasteiger partial charge in [0.2, 0.25) is 5.91 Å². The van der Waals surface area contributed by atoms with E-state index in [1.807, 2.05) is 31.4 Å². The van der Waals surface area contributed by atoms with E-state index in [-0.39, 0.29) is 11.9 Å². The molecule has 0 aromatic carbocycles. The first-order valence-corrected chi connectivity index (χ1v) is 10.6. The van der Waals surface area contributed by atoms with Crippen LogP contribution in [0.4, 0.5) is 23.3 Å². The zero-order valence-corrected chi connectivity index (χ0v) is 17.7. The first kappa shape index (κ1) is 19.7. The maximum Gasteiger partial charge on any atom is 0.228 e. The van der Waals surface area contributed by atoms with Crippen LogP contribution in [0.25, 0.3) is 5.65 Å². The van der Waals surface area contributed by atoms with Gasteiger partial charge in [-0.1, -0.05) is 0 Å². The molecule has 10 heteroatoms. The number of aromatic nitrogens is 4. The molecule has 2 aliphatic rings. The number of hydrogen-bond donors (Lipinski definition) is 3. The number of rotatable bonds is 2. The molecule has 5 heterocycles. The summed E-state index contributed by atoms with van der Waals surface area (Å²) >= 11 is 0. The van der Waals surface area contributed by atoms with E-state index in [4.69, 9.17) is 14.7 Å². The summed E-state index contributed by atoms with van der Waals surface area (Å²) in [5, 5.41) is 14.4. The predicted octanol–water partition coefficient (Wildman–Crippen LogP) is 2.04. The lowest BCUT2D eigenvalue weighted by Crippen LogP contribution is -2.30. The van der Waals surface area contributed by atoms with Crippen LogP contribution in [0.5, 0.6) is 0 Å². The molecule has 2 aliphatic heterocycles. The number of pyridine rings is 1. The first-order valence-electron chi connectivity index (χ1n) is 10.6. The fourth-order valence-corrected chi connectivity index (χ4v) is 3.95. The molecule has 3 aromatic rings. The number of amides is 1. The van der Waals surface area contributed by atoms with E-state index in [2.05, 4.69) is 28.0 Å². The van der Waals surface area contributed by atoms with Crippen molar-refractivity contribution in [1.29, 1.82) is 0 Å². The Balaban J connectivity index is 1.60. The number of nitrogens with one attached hydrogen (secondary N) is 3. The van der Waals surface area contributed by atoms with Crippen molar-refractivity contribution in [3.05, 3.63) is 35.5 Å². The number of ether oxygens (including phenoxy) is 1. The Kier molecular flexibility index (Phi) is 5.16. The lowest BCUT2D eigenvalue weighted by molar-refractivity contribution is -0.117. The van der Waals surface area contributed by atoms with Crippen LogP contribution >= 0.6 is 0 Å². The first-order chi connectivity index (χ1) is 15.1. The average Bonchev–Trinajstić information content (AvgIpc) is 3.37. The van der Waals surface area contributed by atoms with E-state index < -0.39 is 0 Å². The van der Waals surface area contributed by atoms with Gasteiger partial charge in [0.25, 0.3) is 0 Å². The number of nitrogens with zero attached hydrogens (tertiary/aromatic N) is 5. The van der Waals surface area contributed by atoms with E-state index >= 15 is 0 Å². The maximum absolute atomic E-state index is 12.3. The lowest BCUT2D eigenvalue weighted by Gasteiger charge is -2.19. The van der Waals surface area contributed by atoms with Gasteiger partial charge < -0.3 is 20.7 Å². The van der Waals surface area contributed by atoms with Crippen molar-refractivity contribution in [2.75, 3.05) is 35.7 Å². The quantitative estimate of drug-likeness (QED) is 0.576. The molecule has 31 heavy (non-hydrogen) atoms. The van der Waals surface area contributed by atoms with Gasteiger partial charge in [0, 0.05) is 44.2 Å². The van der Waals surface area contributed by atoms with Gasteiger partial charge in [-0.25, -0.2) is 9.97 Å². The summed E-state index contributed by atoms with van der Waals surface area (Å²) < 4.78 is 7.73. The van der Waals surface area contributed by atoms with Crippen molar-refractivity contribution in [2.45, 2.75) is 39.0 Å². The van der Waals surface area contributed by atoms with Crippen molar-refractivity contribution in [3.63, 3.8) is 0 Å². The summed E-state index contributed by atoms with van der Waals surface area (Å²) in [4.78, 5) is 23.5. The molecule has 1 amide bonds. The third-order valence-corrected chi connectivity index (χ3v) is 5.56. The van der Waals surface area contributed by atoms with Crippen LogP contribution in [-0.2, 0) is 22.7 Å². The van der Waals surface area contributed by atoms with Gasteiger partial charge in [-0.2, -0.15) is 9.61 Å². The molecular weight excluding hydrogens is 396 g/mol. The number of carbonyl (C=O) groups excluding carboxylic acids is 1. The molecule has 1 fully saturated rings. The van der Waals surface area contributed by atoms with E-state index in [0.29, 0.717) is 50.2 Å². The van der Waals surface area contributed by atoms with Crippen molar-refractivity contribution in [2.24, 2.45) is 0 Å². The van der Waals surface area contributed by atoms with E-state index in [1.165, 1.54) is 0 Å². The van der Waals surface area contributed by atoms with Crippen molar-refractivity contribution in [1.82, 2.24) is 24.9 Å². The van der Waals surface area contributed by atoms with Crippen molar-refractivity contribution in [3.8, 4) is 0 Å². The minimum atomic E-state index is 0.102. The highest BCUT2D eigenvalue weighted by Gasteiger charge is 2.24. The fourth-order valence-electron chi connectivity index (χ4n) is 3.95. The van der Waals surface area contributed by atoms with Gasteiger partial charge in [-0.3, -0.25) is 9.69 Å². The molecule has 1 saturated heterocycles. The van der Waals surface area contributed by atoms with Crippen LogP contribution in [0.3, 0.4) is 0 Å². The van der Waals surface area contributed by atoms with Crippen LogP contribution in [0.2, 0.25) is 0 Å². The average molecular weight is 422 g/mol. The monoisotopic (exact) mass is 422 g/mol. The number of carbonyl (C=O) groups is 1. The third-order valence-electron chi connectivity index (χ3n) is 5.56. The maximum atomic E-state index is 12.3. The highest BCUT2D eigenvalue weighted by Crippen LogP contribution is 2.26. The molecule has 0 saturated carbocycles. The van der Waals surface area contributed by atoms with Crippen LogP contribution < -0.4 is 20.9 Å². The Morgan fingerprint density at radius 1 is 1.23 bits per heavy atom. The highest BCUT2D eigenvalue weighted by molar-refractivity contribution is 5.94. The highest BCUT2D eigenvalue weighted by atomic mass is 16.5. The second kappa shape index (κ2) is 8.12. The van der Waals surface area contributed by atoms with Gasteiger partial charge in [-0.05, 0) is 31.0 Å².